The van der Waals surface area contributed by atoms with Crippen LogP contribution in [0.25, 0.3) is 0 Å². The molecule has 2 rings (SSSR count). The molecule has 5 heteroatoms. The van der Waals surface area contributed by atoms with Crippen LogP contribution in [0.2, 0.25) is 0 Å². The summed E-state index contributed by atoms with van der Waals surface area (Å²) in [6.07, 6.45) is 5.90. The summed E-state index contributed by atoms with van der Waals surface area (Å²) in [7, 11) is 1.18. The van der Waals surface area contributed by atoms with E-state index < -0.39 is 23.1 Å². The highest BCUT2D eigenvalue weighted by Crippen LogP contribution is 2.37. The lowest BCUT2D eigenvalue weighted by Gasteiger charge is -2.38. The molecule has 0 saturated heterocycles. The van der Waals surface area contributed by atoms with E-state index in [2.05, 4.69) is 30.0 Å². The van der Waals surface area contributed by atoms with Crippen LogP contribution in [-0.4, -0.2) is 18.6 Å². The number of anilines is 1. The molecule has 0 heterocycles. The zero-order chi connectivity index (χ0) is 17.9. The standard InChI is InChI=1S/C19H25F2NO2/c1-5-12-7-13(6-2)11-19(3,10-12)22-17-15(20)8-14(9-16(17)21)18(23)24-4/h8-10,13,22H,5-7,11H2,1-4H3. The molecule has 0 radical (unpaired) electrons. The molecule has 132 valence electrons. The first-order valence-corrected chi connectivity index (χ1v) is 8.38. The summed E-state index contributed by atoms with van der Waals surface area (Å²) in [6.45, 7) is 6.18. The molecule has 3 nitrogen and oxygen atoms in total. The number of hydrogen-bond donors (Lipinski definition) is 1. The first-order chi connectivity index (χ1) is 11.3. The van der Waals surface area contributed by atoms with Crippen LogP contribution in [0, 0.1) is 17.6 Å². The Balaban J connectivity index is 2.34. The lowest BCUT2D eigenvalue weighted by molar-refractivity contribution is 0.0599. The van der Waals surface area contributed by atoms with Crippen LogP contribution in [-0.2, 0) is 4.74 Å². The highest BCUT2D eigenvalue weighted by Gasteiger charge is 2.32. The Morgan fingerprint density at radius 2 is 1.96 bits per heavy atom. The molecule has 2 atom stereocenters. The zero-order valence-electron chi connectivity index (χ0n) is 14.7. The van der Waals surface area contributed by atoms with Crippen LogP contribution in [0.4, 0.5) is 14.5 Å². The van der Waals surface area contributed by atoms with E-state index in [4.69, 9.17) is 0 Å². The average Bonchev–Trinajstić information content (AvgIpc) is 2.56. The monoisotopic (exact) mass is 337 g/mol. The topological polar surface area (TPSA) is 38.3 Å². The van der Waals surface area contributed by atoms with Crippen molar-refractivity contribution in [3.63, 3.8) is 0 Å². The summed E-state index contributed by atoms with van der Waals surface area (Å²) in [5, 5.41) is 3.03. The number of hydrogen-bond acceptors (Lipinski definition) is 3. The van der Waals surface area contributed by atoms with Gasteiger partial charge in [-0.2, -0.15) is 0 Å². The molecule has 0 bridgehead atoms. The van der Waals surface area contributed by atoms with Gasteiger partial charge < -0.3 is 10.1 Å². The minimum Gasteiger partial charge on any atom is -0.465 e. The molecule has 0 fully saturated rings. The smallest absolute Gasteiger partial charge is 0.338 e. The SMILES string of the molecule is CCC1=CC(C)(Nc2c(F)cc(C(=O)OC)cc2F)CC(CC)C1. The number of carbonyl (C=O) groups is 1. The summed E-state index contributed by atoms with van der Waals surface area (Å²) < 4.78 is 33.2. The van der Waals surface area contributed by atoms with Crippen molar-refractivity contribution in [3.8, 4) is 0 Å². The van der Waals surface area contributed by atoms with Gasteiger partial charge in [0.1, 0.15) is 17.3 Å². The van der Waals surface area contributed by atoms with E-state index in [0.29, 0.717) is 5.92 Å². The van der Waals surface area contributed by atoms with E-state index in [9.17, 15) is 13.6 Å². The number of esters is 1. The summed E-state index contributed by atoms with van der Waals surface area (Å²) in [6, 6.07) is 2.01. The molecule has 1 aromatic carbocycles. The lowest BCUT2D eigenvalue weighted by Crippen LogP contribution is -2.38. The summed E-state index contributed by atoms with van der Waals surface area (Å²) in [5.41, 5.74) is 0.449. The highest BCUT2D eigenvalue weighted by molar-refractivity contribution is 5.89. The molecule has 24 heavy (non-hydrogen) atoms. The Kier molecular flexibility index (Phi) is 5.62. The number of halogens is 2. The van der Waals surface area contributed by atoms with Crippen LogP contribution >= 0.6 is 0 Å². The second kappa shape index (κ2) is 7.32. The third-order valence-electron chi connectivity index (χ3n) is 4.69. The van der Waals surface area contributed by atoms with E-state index in [1.165, 1.54) is 12.7 Å². The number of rotatable bonds is 5. The van der Waals surface area contributed by atoms with Gasteiger partial charge in [-0.25, -0.2) is 13.6 Å². The molecule has 2 unspecified atom stereocenters. The Labute approximate surface area is 142 Å². The van der Waals surface area contributed by atoms with Crippen molar-refractivity contribution in [3.05, 3.63) is 41.0 Å². The molecule has 0 saturated carbocycles. The van der Waals surface area contributed by atoms with Gasteiger partial charge in [0.2, 0.25) is 0 Å². The third kappa shape index (κ3) is 3.94. The molecule has 1 aliphatic carbocycles. The molecule has 0 amide bonds. The van der Waals surface area contributed by atoms with Gasteiger partial charge in [0.25, 0.3) is 0 Å². The number of nitrogens with one attached hydrogen (secondary N) is 1. The maximum Gasteiger partial charge on any atom is 0.338 e. The van der Waals surface area contributed by atoms with E-state index in [1.54, 1.807) is 0 Å². The van der Waals surface area contributed by atoms with Crippen LogP contribution < -0.4 is 5.32 Å². The van der Waals surface area contributed by atoms with Gasteiger partial charge in [-0.3, -0.25) is 0 Å². The van der Waals surface area contributed by atoms with Crippen molar-refractivity contribution < 1.29 is 18.3 Å². The molecule has 1 aliphatic rings. The maximum atomic E-state index is 14.4. The van der Waals surface area contributed by atoms with Crippen molar-refractivity contribution in [1.29, 1.82) is 0 Å². The molecule has 0 aromatic heterocycles. The molecule has 1 N–H and O–H groups in total. The first kappa shape index (κ1) is 18.4. The van der Waals surface area contributed by atoms with Crippen LogP contribution in [0.3, 0.4) is 0 Å². The third-order valence-corrected chi connectivity index (χ3v) is 4.69. The fraction of sp³-hybridized carbons (Fsp3) is 0.526. The van der Waals surface area contributed by atoms with Crippen LogP contribution in [0.15, 0.2) is 23.8 Å². The normalized spacial score (nSPS) is 23.6. The Morgan fingerprint density at radius 3 is 2.46 bits per heavy atom. The van der Waals surface area contributed by atoms with Crippen LogP contribution in [0.5, 0.6) is 0 Å². The minimum absolute atomic E-state index is 0.136. The van der Waals surface area contributed by atoms with Gasteiger partial charge in [-0.1, -0.05) is 31.9 Å². The Hall–Kier alpha value is -1.91. The number of carbonyl (C=O) groups excluding carboxylic acids is 1. The Bertz CT molecular complexity index is 634. The molecular weight excluding hydrogens is 312 g/mol. The summed E-state index contributed by atoms with van der Waals surface area (Å²) >= 11 is 0. The molecular formula is C19H25F2NO2. The molecule has 0 spiro atoms. The van der Waals surface area contributed by atoms with Gasteiger partial charge >= 0.3 is 5.97 Å². The number of allylic oxidation sites excluding steroid dienone is 1. The number of methoxy groups -OCH3 is 1. The van der Waals surface area contributed by atoms with E-state index >= 15 is 0 Å². The van der Waals surface area contributed by atoms with Gasteiger partial charge in [0, 0.05) is 0 Å². The van der Waals surface area contributed by atoms with E-state index in [1.807, 2.05) is 6.92 Å². The largest absolute Gasteiger partial charge is 0.465 e. The van der Waals surface area contributed by atoms with E-state index in [0.717, 1.165) is 37.8 Å². The van der Waals surface area contributed by atoms with Gasteiger partial charge in [0.15, 0.2) is 0 Å². The van der Waals surface area contributed by atoms with Crippen molar-refractivity contribution in [1.82, 2.24) is 0 Å². The van der Waals surface area contributed by atoms with Crippen molar-refractivity contribution in [2.75, 3.05) is 12.4 Å². The lowest BCUT2D eigenvalue weighted by atomic mass is 9.76. The zero-order valence-corrected chi connectivity index (χ0v) is 14.7. The summed E-state index contributed by atoms with van der Waals surface area (Å²) in [5.74, 6) is -1.85. The predicted molar refractivity (Wildman–Crippen MR) is 91.1 cm³/mol. The summed E-state index contributed by atoms with van der Waals surface area (Å²) in [4.78, 5) is 11.5. The molecule has 1 aromatic rings. The Morgan fingerprint density at radius 1 is 1.33 bits per heavy atom. The van der Waals surface area contributed by atoms with Crippen LogP contribution in [0.1, 0.15) is 56.8 Å². The molecule has 0 aliphatic heterocycles. The highest BCUT2D eigenvalue weighted by atomic mass is 19.1. The van der Waals surface area contributed by atoms with Crippen molar-refractivity contribution in [2.24, 2.45) is 5.92 Å². The average molecular weight is 337 g/mol. The van der Waals surface area contributed by atoms with Gasteiger partial charge in [0.05, 0.1) is 18.2 Å². The van der Waals surface area contributed by atoms with Gasteiger partial charge in [-0.15, -0.1) is 0 Å². The quantitative estimate of drug-likeness (QED) is 0.601. The fourth-order valence-corrected chi connectivity index (χ4v) is 3.45. The maximum absolute atomic E-state index is 14.4. The number of benzene rings is 1. The first-order valence-electron chi connectivity index (χ1n) is 8.38. The van der Waals surface area contributed by atoms with Gasteiger partial charge in [-0.05, 0) is 44.2 Å². The number of ether oxygens (including phenoxy) is 1. The minimum atomic E-state index is -0.790. The fourth-order valence-electron chi connectivity index (χ4n) is 3.45. The van der Waals surface area contributed by atoms with Crippen molar-refractivity contribution >= 4 is 11.7 Å². The predicted octanol–water partition coefficient (Wildman–Crippen LogP) is 5.08. The second-order valence-electron chi connectivity index (χ2n) is 6.69. The van der Waals surface area contributed by atoms with E-state index in [-0.39, 0.29) is 11.3 Å². The van der Waals surface area contributed by atoms with Crippen molar-refractivity contribution in [2.45, 2.75) is 52.0 Å². The second-order valence-corrected chi connectivity index (χ2v) is 6.69.